The van der Waals surface area contributed by atoms with Gasteiger partial charge < -0.3 is 0 Å². The summed E-state index contributed by atoms with van der Waals surface area (Å²) in [5, 5.41) is 1.20. The molecule has 19 heavy (non-hydrogen) atoms. The first-order chi connectivity index (χ1) is 9.20. The van der Waals surface area contributed by atoms with Gasteiger partial charge in [-0.15, -0.1) is 22.9 Å². The molecular weight excluding hydrogens is 295 g/mol. The Morgan fingerprint density at radius 3 is 2.63 bits per heavy atom. The number of rotatable bonds is 2. The molecule has 0 saturated heterocycles. The predicted molar refractivity (Wildman–Crippen MR) is 86.6 cm³/mol. The van der Waals surface area contributed by atoms with Crippen molar-refractivity contribution >= 4 is 44.6 Å². The molecule has 0 aliphatic rings. The average molecular weight is 307 g/mol. The van der Waals surface area contributed by atoms with Crippen LogP contribution in [0.15, 0.2) is 42.5 Å². The number of benzene rings is 2. The lowest BCUT2D eigenvalue weighted by atomic mass is 9.99. The highest BCUT2D eigenvalue weighted by Gasteiger charge is 2.14. The molecule has 96 valence electrons. The maximum atomic E-state index is 6.46. The second kappa shape index (κ2) is 5.16. The number of aryl methyl sites for hydroxylation is 1. The van der Waals surface area contributed by atoms with Gasteiger partial charge in [0.1, 0.15) is 4.34 Å². The van der Waals surface area contributed by atoms with Crippen LogP contribution >= 0.6 is 34.5 Å². The molecule has 0 atom stereocenters. The lowest BCUT2D eigenvalue weighted by Crippen LogP contribution is -1.83. The molecule has 0 radical (unpaired) electrons. The van der Waals surface area contributed by atoms with Crippen LogP contribution in [0.2, 0.25) is 4.34 Å². The molecule has 0 saturated carbocycles. The van der Waals surface area contributed by atoms with Crippen molar-refractivity contribution in [3.63, 3.8) is 0 Å². The summed E-state index contributed by atoms with van der Waals surface area (Å²) in [5.41, 5.74) is 4.69. The highest BCUT2D eigenvalue weighted by atomic mass is 35.5. The SMILES string of the molecule is Cc1ccccc1-c1c(Cl)sc2ccc(CCl)cc12. The Bertz CT molecular complexity index is 744. The van der Waals surface area contributed by atoms with Crippen LogP contribution in [0.4, 0.5) is 0 Å². The highest BCUT2D eigenvalue weighted by molar-refractivity contribution is 7.23. The van der Waals surface area contributed by atoms with E-state index in [2.05, 4.69) is 37.3 Å². The molecule has 3 rings (SSSR count). The van der Waals surface area contributed by atoms with Crippen LogP contribution in [0, 0.1) is 6.92 Å². The van der Waals surface area contributed by atoms with E-state index in [9.17, 15) is 0 Å². The molecule has 0 spiro atoms. The molecular formula is C16H12Cl2S. The summed E-state index contributed by atoms with van der Waals surface area (Å²) < 4.78 is 2.05. The zero-order chi connectivity index (χ0) is 13.4. The fourth-order valence-electron chi connectivity index (χ4n) is 2.30. The van der Waals surface area contributed by atoms with E-state index >= 15 is 0 Å². The number of halogens is 2. The molecule has 1 heterocycles. The summed E-state index contributed by atoms with van der Waals surface area (Å²) in [6.45, 7) is 2.11. The molecule has 2 aromatic carbocycles. The lowest BCUT2D eigenvalue weighted by Gasteiger charge is -2.06. The second-order valence-corrected chi connectivity index (χ2v) is 6.45. The zero-order valence-corrected chi connectivity index (χ0v) is 12.7. The standard InChI is InChI=1S/C16H12Cl2S/c1-10-4-2-3-5-12(10)15-13-8-11(9-17)6-7-14(13)19-16(15)18/h2-8H,9H2,1H3. The van der Waals surface area contributed by atoms with Crippen molar-refractivity contribution in [2.45, 2.75) is 12.8 Å². The first kappa shape index (κ1) is 13.0. The summed E-state index contributed by atoms with van der Waals surface area (Å²) in [7, 11) is 0. The van der Waals surface area contributed by atoms with Gasteiger partial charge in [-0.1, -0.05) is 41.9 Å². The maximum absolute atomic E-state index is 6.46. The Hall–Kier alpha value is -1.02. The van der Waals surface area contributed by atoms with Crippen molar-refractivity contribution in [2.24, 2.45) is 0 Å². The number of hydrogen-bond donors (Lipinski definition) is 0. The average Bonchev–Trinajstić information content (AvgIpc) is 2.74. The van der Waals surface area contributed by atoms with Crippen LogP contribution in [0.25, 0.3) is 21.2 Å². The minimum Gasteiger partial charge on any atom is -0.123 e. The fraction of sp³-hybridized carbons (Fsp3) is 0.125. The summed E-state index contributed by atoms with van der Waals surface area (Å²) in [6.07, 6.45) is 0. The third-order valence-corrected chi connectivity index (χ3v) is 4.97. The van der Waals surface area contributed by atoms with Crippen molar-refractivity contribution in [2.75, 3.05) is 0 Å². The van der Waals surface area contributed by atoms with E-state index < -0.39 is 0 Å². The van der Waals surface area contributed by atoms with Gasteiger partial charge in [0, 0.05) is 21.5 Å². The Morgan fingerprint density at radius 2 is 1.89 bits per heavy atom. The molecule has 0 nitrogen and oxygen atoms in total. The first-order valence-corrected chi connectivity index (χ1v) is 7.76. The zero-order valence-electron chi connectivity index (χ0n) is 10.4. The number of hydrogen-bond acceptors (Lipinski definition) is 1. The lowest BCUT2D eigenvalue weighted by molar-refractivity contribution is 1.43. The number of alkyl halides is 1. The topological polar surface area (TPSA) is 0 Å². The largest absolute Gasteiger partial charge is 0.123 e. The molecule has 0 N–H and O–H groups in total. The molecule has 1 aromatic heterocycles. The van der Waals surface area contributed by atoms with Gasteiger partial charge in [-0.3, -0.25) is 0 Å². The van der Waals surface area contributed by atoms with Crippen LogP contribution in [0.3, 0.4) is 0 Å². The number of thiophene rings is 1. The molecule has 0 aliphatic carbocycles. The summed E-state index contributed by atoms with van der Waals surface area (Å²) >= 11 is 14.0. The summed E-state index contributed by atoms with van der Waals surface area (Å²) in [5.74, 6) is 0.524. The van der Waals surface area contributed by atoms with Gasteiger partial charge in [0.05, 0.1) is 0 Å². The second-order valence-electron chi connectivity index (χ2n) is 4.53. The van der Waals surface area contributed by atoms with Crippen LogP contribution in [-0.2, 0) is 5.88 Å². The maximum Gasteiger partial charge on any atom is 0.102 e. The van der Waals surface area contributed by atoms with E-state index in [1.54, 1.807) is 11.3 Å². The fourth-order valence-corrected chi connectivity index (χ4v) is 3.84. The molecule has 3 aromatic rings. The van der Waals surface area contributed by atoms with Crippen LogP contribution in [0.1, 0.15) is 11.1 Å². The van der Waals surface area contributed by atoms with Gasteiger partial charge in [0.2, 0.25) is 0 Å². The van der Waals surface area contributed by atoms with Crippen LogP contribution < -0.4 is 0 Å². The Morgan fingerprint density at radius 1 is 1.11 bits per heavy atom. The Balaban J connectivity index is 2.34. The van der Waals surface area contributed by atoms with E-state index in [0.29, 0.717) is 5.88 Å². The van der Waals surface area contributed by atoms with Crippen molar-refractivity contribution < 1.29 is 0 Å². The van der Waals surface area contributed by atoms with Gasteiger partial charge in [0.15, 0.2) is 0 Å². The normalized spacial score (nSPS) is 11.1. The molecule has 0 aliphatic heterocycles. The molecule has 0 bridgehead atoms. The highest BCUT2D eigenvalue weighted by Crippen LogP contribution is 2.43. The Kier molecular flexibility index (Phi) is 3.53. The summed E-state index contributed by atoms with van der Waals surface area (Å²) in [4.78, 5) is 0. The van der Waals surface area contributed by atoms with Gasteiger partial charge >= 0.3 is 0 Å². The molecule has 0 unspecified atom stereocenters. The third-order valence-electron chi connectivity index (χ3n) is 3.28. The smallest absolute Gasteiger partial charge is 0.102 e. The van der Waals surface area contributed by atoms with E-state index in [1.807, 2.05) is 12.1 Å². The van der Waals surface area contributed by atoms with Crippen molar-refractivity contribution in [3.05, 3.63) is 57.9 Å². The Labute approximate surface area is 126 Å². The van der Waals surface area contributed by atoms with Crippen molar-refractivity contribution in [1.29, 1.82) is 0 Å². The quantitative estimate of drug-likeness (QED) is 0.489. The van der Waals surface area contributed by atoms with Crippen molar-refractivity contribution in [1.82, 2.24) is 0 Å². The van der Waals surface area contributed by atoms with E-state index in [0.717, 1.165) is 15.5 Å². The number of fused-ring (bicyclic) bond motifs is 1. The van der Waals surface area contributed by atoms with E-state index in [1.165, 1.54) is 21.2 Å². The van der Waals surface area contributed by atoms with Crippen molar-refractivity contribution in [3.8, 4) is 11.1 Å². The molecule has 0 fully saturated rings. The van der Waals surface area contributed by atoms with E-state index in [4.69, 9.17) is 23.2 Å². The summed E-state index contributed by atoms with van der Waals surface area (Å²) in [6, 6.07) is 14.6. The van der Waals surface area contributed by atoms with Gasteiger partial charge in [-0.05, 0) is 35.7 Å². The van der Waals surface area contributed by atoms with Crippen LogP contribution in [0.5, 0.6) is 0 Å². The first-order valence-electron chi connectivity index (χ1n) is 6.03. The molecule has 3 heteroatoms. The third kappa shape index (κ3) is 2.27. The van der Waals surface area contributed by atoms with Gasteiger partial charge in [-0.2, -0.15) is 0 Å². The van der Waals surface area contributed by atoms with Gasteiger partial charge in [-0.25, -0.2) is 0 Å². The van der Waals surface area contributed by atoms with E-state index in [-0.39, 0.29) is 0 Å². The van der Waals surface area contributed by atoms with Crippen LogP contribution in [-0.4, -0.2) is 0 Å². The van der Waals surface area contributed by atoms with Gasteiger partial charge in [0.25, 0.3) is 0 Å². The predicted octanol–water partition coefficient (Wildman–Crippen LogP) is 6.27. The minimum absolute atomic E-state index is 0.524. The monoisotopic (exact) mass is 306 g/mol. The molecule has 0 amide bonds. The minimum atomic E-state index is 0.524.